The number of hydrogen-bond acceptors (Lipinski definition) is 4. The molecule has 0 atom stereocenters. The number of imidazole rings is 1. The average Bonchev–Trinajstić information content (AvgIpc) is 3.22. The first-order chi connectivity index (χ1) is 11.7. The van der Waals surface area contributed by atoms with Gasteiger partial charge in [0.25, 0.3) is 0 Å². The van der Waals surface area contributed by atoms with Gasteiger partial charge in [-0.3, -0.25) is 4.40 Å². The van der Waals surface area contributed by atoms with Gasteiger partial charge in [0, 0.05) is 30.3 Å². The van der Waals surface area contributed by atoms with Gasteiger partial charge in [-0.05, 0) is 34.5 Å². The zero-order chi connectivity index (χ0) is 16.7. The number of aryl methyl sites for hydroxylation is 1. The maximum absolute atomic E-state index is 14.2. The van der Waals surface area contributed by atoms with Gasteiger partial charge in [0.1, 0.15) is 17.9 Å². The topological polar surface area (TPSA) is 51.5 Å². The molecule has 1 aliphatic rings. The maximum Gasteiger partial charge on any atom is 0.209 e. The number of anilines is 1. The Hall–Kier alpha value is -2.15. The van der Waals surface area contributed by atoms with E-state index in [-0.39, 0.29) is 5.82 Å². The largest absolute Gasteiger partial charge is 0.493 e. The second kappa shape index (κ2) is 6.05. The summed E-state index contributed by atoms with van der Waals surface area (Å²) in [5, 5.41) is 3.23. The van der Waals surface area contributed by atoms with E-state index in [2.05, 4.69) is 38.1 Å². The summed E-state index contributed by atoms with van der Waals surface area (Å²) in [6.45, 7) is 3.01. The van der Waals surface area contributed by atoms with E-state index in [9.17, 15) is 4.39 Å². The molecule has 5 nitrogen and oxygen atoms in total. The van der Waals surface area contributed by atoms with Gasteiger partial charge in [-0.25, -0.2) is 14.4 Å². The number of aromatic nitrogens is 3. The van der Waals surface area contributed by atoms with Gasteiger partial charge in [0.15, 0.2) is 0 Å². The molecule has 0 bridgehead atoms. The number of benzene rings is 1. The molecule has 7 heteroatoms. The average molecular weight is 391 g/mol. The fourth-order valence-electron chi connectivity index (χ4n) is 3.10. The lowest BCUT2D eigenvalue weighted by molar-refractivity contribution is 0.356. The van der Waals surface area contributed by atoms with Gasteiger partial charge in [-0.2, -0.15) is 0 Å². The first kappa shape index (κ1) is 15.4. The van der Waals surface area contributed by atoms with Crippen LogP contribution in [0.3, 0.4) is 0 Å². The molecule has 3 heterocycles. The minimum Gasteiger partial charge on any atom is -0.493 e. The molecule has 2 aromatic heterocycles. The van der Waals surface area contributed by atoms with E-state index in [1.165, 1.54) is 6.07 Å². The third-order valence-corrected chi connectivity index (χ3v) is 4.88. The molecule has 0 unspecified atom stereocenters. The molecule has 0 amide bonds. The second-order valence-electron chi connectivity index (χ2n) is 5.65. The quantitative estimate of drug-likeness (QED) is 0.736. The third-order valence-electron chi connectivity index (χ3n) is 4.30. The van der Waals surface area contributed by atoms with E-state index < -0.39 is 0 Å². The van der Waals surface area contributed by atoms with Crippen molar-refractivity contribution in [2.45, 2.75) is 26.3 Å². The lowest BCUT2D eigenvalue weighted by Crippen LogP contribution is -2.09. The van der Waals surface area contributed by atoms with Crippen molar-refractivity contribution in [1.29, 1.82) is 0 Å². The van der Waals surface area contributed by atoms with Crippen LogP contribution < -0.4 is 10.1 Å². The minimum absolute atomic E-state index is 0.222. The number of rotatable bonds is 4. The van der Waals surface area contributed by atoms with Crippen molar-refractivity contribution in [3.63, 3.8) is 0 Å². The van der Waals surface area contributed by atoms with E-state index in [1.54, 1.807) is 18.6 Å². The van der Waals surface area contributed by atoms with Gasteiger partial charge < -0.3 is 10.1 Å². The van der Waals surface area contributed by atoms with E-state index in [0.29, 0.717) is 24.7 Å². The predicted molar refractivity (Wildman–Crippen MR) is 93.0 cm³/mol. The predicted octanol–water partition coefficient (Wildman–Crippen LogP) is 3.74. The summed E-state index contributed by atoms with van der Waals surface area (Å²) >= 11 is 3.52. The molecule has 3 aromatic rings. The van der Waals surface area contributed by atoms with Crippen LogP contribution in [-0.4, -0.2) is 21.0 Å². The number of nitrogens with one attached hydrogen (secondary N) is 1. The Morgan fingerprint density at radius 3 is 3.08 bits per heavy atom. The summed E-state index contributed by atoms with van der Waals surface area (Å²) in [5.41, 5.74) is 3.55. The van der Waals surface area contributed by atoms with Crippen molar-refractivity contribution >= 4 is 27.4 Å². The van der Waals surface area contributed by atoms with Crippen LogP contribution in [0.1, 0.15) is 23.7 Å². The van der Waals surface area contributed by atoms with Gasteiger partial charge in [-0.1, -0.05) is 6.92 Å². The molecule has 0 fully saturated rings. The van der Waals surface area contributed by atoms with Crippen molar-refractivity contribution in [1.82, 2.24) is 14.4 Å². The van der Waals surface area contributed by atoms with E-state index in [1.807, 2.05) is 4.40 Å². The highest BCUT2D eigenvalue weighted by atomic mass is 79.9. The van der Waals surface area contributed by atoms with Gasteiger partial charge in [0.2, 0.25) is 5.95 Å². The Labute approximate surface area is 147 Å². The number of fused-ring (bicyclic) bond motifs is 2. The van der Waals surface area contributed by atoms with E-state index in [4.69, 9.17) is 4.74 Å². The SMILES string of the molecule is CCc1ncn2c(NCc3c(F)ccc4c3CCO4)ncc(Br)c12. The zero-order valence-corrected chi connectivity index (χ0v) is 14.7. The first-order valence-corrected chi connectivity index (χ1v) is 8.65. The second-order valence-corrected chi connectivity index (χ2v) is 6.50. The Morgan fingerprint density at radius 1 is 1.38 bits per heavy atom. The van der Waals surface area contributed by atoms with Crippen molar-refractivity contribution in [3.8, 4) is 5.75 Å². The molecule has 124 valence electrons. The molecule has 1 aromatic carbocycles. The monoisotopic (exact) mass is 390 g/mol. The van der Waals surface area contributed by atoms with Gasteiger partial charge in [0.05, 0.1) is 22.3 Å². The highest BCUT2D eigenvalue weighted by Gasteiger charge is 2.20. The summed E-state index contributed by atoms with van der Waals surface area (Å²) in [7, 11) is 0. The summed E-state index contributed by atoms with van der Waals surface area (Å²) in [4.78, 5) is 8.83. The molecule has 1 N–H and O–H groups in total. The van der Waals surface area contributed by atoms with Crippen molar-refractivity contribution in [3.05, 3.63) is 51.8 Å². The molecule has 0 saturated heterocycles. The maximum atomic E-state index is 14.2. The van der Waals surface area contributed by atoms with Crippen LogP contribution in [0, 0.1) is 5.82 Å². The summed E-state index contributed by atoms with van der Waals surface area (Å²) in [5.74, 6) is 1.19. The van der Waals surface area contributed by atoms with Crippen molar-refractivity contribution < 1.29 is 9.13 Å². The van der Waals surface area contributed by atoms with Crippen LogP contribution in [0.5, 0.6) is 5.75 Å². The van der Waals surface area contributed by atoms with Crippen LogP contribution in [-0.2, 0) is 19.4 Å². The molecular formula is C17H16BrFN4O. The Bertz CT molecular complexity index is 925. The normalized spacial score (nSPS) is 13.1. The Kier molecular flexibility index (Phi) is 3.88. The number of halogens is 2. The van der Waals surface area contributed by atoms with Crippen LogP contribution >= 0.6 is 15.9 Å². The van der Waals surface area contributed by atoms with Gasteiger partial charge >= 0.3 is 0 Å². The number of hydrogen-bond donors (Lipinski definition) is 1. The molecule has 24 heavy (non-hydrogen) atoms. The highest BCUT2D eigenvalue weighted by molar-refractivity contribution is 9.10. The van der Waals surface area contributed by atoms with Crippen LogP contribution in [0.15, 0.2) is 29.1 Å². The molecule has 0 spiro atoms. The smallest absolute Gasteiger partial charge is 0.209 e. The fraction of sp³-hybridized carbons (Fsp3) is 0.294. The van der Waals surface area contributed by atoms with E-state index >= 15 is 0 Å². The molecule has 0 saturated carbocycles. The number of ether oxygens (including phenoxy) is 1. The first-order valence-electron chi connectivity index (χ1n) is 7.86. The molecular weight excluding hydrogens is 375 g/mol. The zero-order valence-electron chi connectivity index (χ0n) is 13.1. The lowest BCUT2D eigenvalue weighted by atomic mass is 10.0. The molecule has 4 rings (SSSR count). The standard InChI is InChI=1S/C17H16BrFN4O/c1-2-14-16-12(18)8-21-17(23(16)9-22-14)20-7-11-10-5-6-24-15(10)4-3-13(11)19/h3-4,8-9H,2,5-7H2,1H3,(H,20,21). The van der Waals surface area contributed by atoms with Crippen LogP contribution in [0.2, 0.25) is 0 Å². The summed E-state index contributed by atoms with van der Waals surface area (Å²) < 4.78 is 22.5. The van der Waals surface area contributed by atoms with E-state index in [0.717, 1.165) is 39.8 Å². The summed E-state index contributed by atoms with van der Waals surface area (Å²) in [6.07, 6.45) is 5.05. The Morgan fingerprint density at radius 2 is 2.25 bits per heavy atom. The third kappa shape index (κ3) is 2.43. The summed E-state index contributed by atoms with van der Waals surface area (Å²) in [6, 6.07) is 3.15. The Balaban J connectivity index is 1.68. The van der Waals surface area contributed by atoms with Gasteiger partial charge in [-0.15, -0.1) is 0 Å². The highest BCUT2D eigenvalue weighted by Crippen LogP contribution is 2.31. The molecule has 0 radical (unpaired) electrons. The van der Waals surface area contributed by atoms with Crippen LogP contribution in [0.4, 0.5) is 10.3 Å². The van der Waals surface area contributed by atoms with Crippen molar-refractivity contribution in [2.24, 2.45) is 0 Å². The number of nitrogens with zero attached hydrogens (tertiary/aromatic N) is 3. The minimum atomic E-state index is -0.222. The van der Waals surface area contributed by atoms with Crippen LogP contribution in [0.25, 0.3) is 5.52 Å². The molecule has 1 aliphatic heterocycles. The fourth-order valence-corrected chi connectivity index (χ4v) is 3.63. The van der Waals surface area contributed by atoms with Crippen molar-refractivity contribution in [2.75, 3.05) is 11.9 Å². The lowest BCUT2D eigenvalue weighted by Gasteiger charge is -2.12. The molecule has 0 aliphatic carbocycles.